The highest BCUT2D eigenvalue weighted by atomic mass is 16.5. The van der Waals surface area contributed by atoms with E-state index < -0.39 is 0 Å². The second-order valence-corrected chi connectivity index (χ2v) is 6.86. The molecule has 1 fully saturated rings. The van der Waals surface area contributed by atoms with Crippen molar-refractivity contribution in [3.05, 3.63) is 64.5 Å². The van der Waals surface area contributed by atoms with Crippen molar-refractivity contribution in [3.8, 4) is 11.5 Å². The number of aromatic hydroxyl groups is 1. The summed E-state index contributed by atoms with van der Waals surface area (Å²) < 4.78 is 10.7. The maximum absolute atomic E-state index is 11.9. The van der Waals surface area contributed by atoms with E-state index in [9.17, 15) is 9.90 Å². The van der Waals surface area contributed by atoms with Gasteiger partial charge < -0.3 is 24.1 Å². The Morgan fingerprint density at radius 1 is 1.15 bits per heavy atom. The molecule has 6 heteroatoms. The van der Waals surface area contributed by atoms with Crippen LogP contribution < -0.4 is 20.2 Å². The van der Waals surface area contributed by atoms with Crippen LogP contribution in [0.3, 0.4) is 0 Å². The van der Waals surface area contributed by atoms with Crippen molar-refractivity contribution in [2.45, 2.75) is 6.54 Å². The van der Waals surface area contributed by atoms with Gasteiger partial charge in [0.05, 0.1) is 39.0 Å². The summed E-state index contributed by atoms with van der Waals surface area (Å²) in [7, 11) is 1.70. The van der Waals surface area contributed by atoms with E-state index in [4.69, 9.17) is 9.15 Å². The van der Waals surface area contributed by atoms with Crippen LogP contribution >= 0.6 is 0 Å². The largest absolute Gasteiger partial charge is 0.508 e. The zero-order chi connectivity index (χ0) is 18.8. The fraction of sp³-hybridized carbons (Fsp3) is 0.286. The molecule has 2 heterocycles. The molecule has 3 aromatic rings. The topological polar surface area (TPSA) is 67.4 Å². The smallest absolute Gasteiger partial charge is 0.336 e. The number of rotatable bonds is 4. The van der Waals surface area contributed by atoms with Crippen LogP contribution in [-0.2, 0) is 6.54 Å². The standard InChI is InChI=1S/C21H22N2O4/c1-26-20-5-3-2-4-18(20)23-10-8-22(9-11-23)14-15-12-21(25)27-19-7-6-16(24)13-17(15)19/h2-7,12-13,24H,8-11,14H2,1H3/p+1. The van der Waals surface area contributed by atoms with Gasteiger partial charge in [-0.15, -0.1) is 0 Å². The molecule has 0 atom stereocenters. The van der Waals surface area contributed by atoms with Gasteiger partial charge in [0.15, 0.2) is 0 Å². The number of piperazine rings is 1. The Hall–Kier alpha value is -2.99. The summed E-state index contributed by atoms with van der Waals surface area (Å²) in [6.45, 7) is 4.48. The number of phenolic OH excluding ortho intramolecular Hbond substituents is 1. The van der Waals surface area contributed by atoms with Crippen molar-refractivity contribution in [2.75, 3.05) is 38.2 Å². The molecule has 140 valence electrons. The summed E-state index contributed by atoms with van der Waals surface area (Å²) in [5, 5.41) is 10.6. The molecule has 0 spiro atoms. The van der Waals surface area contributed by atoms with E-state index in [0.29, 0.717) is 5.58 Å². The van der Waals surface area contributed by atoms with Gasteiger partial charge >= 0.3 is 5.63 Å². The molecule has 0 saturated carbocycles. The number of nitrogens with zero attached hydrogens (tertiary/aromatic N) is 1. The maximum atomic E-state index is 11.9. The Balaban J connectivity index is 1.51. The summed E-state index contributed by atoms with van der Waals surface area (Å²) in [6.07, 6.45) is 0. The third kappa shape index (κ3) is 3.61. The van der Waals surface area contributed by atoms with E-state index >= 15 is 0 Å². The summed E-state index contributed by atoms with van der Waals surface area (Å²) in [5.74, 6) is 1.07. The van der Waals surface area contributed by atoms with Crippen LogP contribution in [-0.4, -0.2) is 38.4 Å². The van der Waals surface area contributed by atoms with Gasteiger partial charge in [-0.05, 0) is 30.3 Å². The first-order valence-electron chi connectivity index (χ1n) is 9.11. The quantitative estimate of drug-likeness (QED) is 0.683. The highest BCUT2D eigenvalue weighted by Crippen LogP contribution is 2.27. The number of hydrogen-bond acceptors (Lipinski definition) is 5. The normalized spacial score (nSPS) is 15.2. The SMILES string of the molecule is COc1ccccc1N1CC[NH+](Cc2cc(=O)oc3ccc(O)cc23)CC1. The molecule has 1 saturated heterocycles. The van der Waals surface area contributed by atoms with E-state index in [1.165, 1.54) is 11.0 Å². The van der Waals surface area contributed by atoms with Crippen LogP contribution in [0, 0.1) is 0 Å². The number of fused-ring (bicyclic) bond motifs is 1. The first-order valence-corrected chi connectivity index (χ1v) is 9.11. The Morgan fingerprint density at radius 2 is 1.93 bits per heavy atom. The zero-order valence-corrected chi connectivity index (χ0v) is 15.3. The Bertz CT molecular complexity index is 1010. The van der Waals surface area contributed by atoms with Gasteiger partial charge in [0.2, 0.25) is 0 Å². The minimum absolute atomic E-state index is 0.175. The zero-order valence-electron chi connectivity index (χ0n) is 15.3. The van der Waals surface area contributed by atoms with Gasteiger partial charge in [0, 0.05) is 17.0 Å². The first kappa shape index (κ1) is 17.4. The lowest BCUT2D eigenvalue weighted by atomic mass is 10.1. The van der Waals surface area contributed by atoms with E-state index in [1.54, 1.807) is 25.3 Å². The van der Waals surface area contributed by atoms with Gasteiger partial charge in [-0.25, -0.2) is 4.79 Å². The van der Waals surface area contributed by atoms with Gasteiger partial charge in [0.25, 0.3) is 0 Å². The summed E-state index contributed by atoms with van der Waals surface area (Å²) in [5.41, 5.74) is 2.20. The predicted molar refractivity (Wildman–Crippen MR) is 104 cm³/mol. The second kappa shape index (κ2) is 7.32. The fourth-order valence-corrected chi connectivity index (χ4v) is 3.76. The molecule has 0 aliphatic carbocycles. The lowest BCUT2D eigenvalue weighted by Gasteiger charge is -2.34. The van der Waals surface area contributed by atoms with Crippen molar-refractivity contribution < 1.29 is 19.2 Å². The summed E-state index contributed by atoms with van der Waals surface area (Å²) in [6, 6.07) is 14.5. The van der Waals surface area contributed by atoms with Crippen LogP contribution in [0.2, 0.25) is 0 Å². The Kier molecular flexibility index (Phi) is 4.73. The van der Waals surface area contributed by atoms with Crippen LogP contribution in [0.1, 0.15) is 5.56 Å². The molecule has 0 amide bonds. The Labute approximate surface area is 157 Å². The fourth-order valence-electron chi connectivity index (χ4n) is 3.76. The molecule has 0 radical (unpaired) electrons. The van der Waals surface area contributed by atoms with Crippen LogP contribution in [0.5, 0.6) is 11.5 Å². The maximum Gasteiger partial charge on any atom is 0.336 e. The predicted octanol–water partition coefficient (Wildman–Crippen LogP) is 1.41. The molecular formula is C21H23N2O4+. The third-order valence-electron chi connectivity index (χ3n) is 5.15. The van der Waals surface area contributed by atoms with E-state index in [0.717, 1.165) is 55.1 Å². The molecule has 0 bridgehead atoms. The molecular weight excluding hydrogens is 344 g/mol. The van der Waals surface area contributed by atoms with Crippen molar-refractivity contribution in [2.24, 2.45) is 0 Å². The number of ether oxygens (including phenoxy) is 1. The molecule has 2 N–H and O–H groups in total. The molecule has 27 heavy (non-hydrogen) atoms. The number of anilines is 1. The van der Waals surface area contributed by atoms with Gasteiger partial charge in [0.1, 0.15) is 23.6 Å². The monoisotopic (exact) mass is 367 g/mol. The number of quaternary nitrogens is 1. The van der Waals surface area contributed by atoms with Gasteiger partial charge in [-0.2, -0.15) is 0 Å². The van der Waals surface area contributed by atoms with E-state index in [1.807, 2.05) is 18.2 Å². The summed E-state index contributed by atoms with van der Waals surface area (Å²) in [4.78, 5) is 15.6. The Morgan fingerprint density at radius 3 is 2.70 bits per heavy atom. The van der Waals surface area contributed by atoms with Gasteiger partial charge in [-0.3, -0.25) is 0 Å². The van der Waals surface area contributed by atoms with Crippen LogP contribution in [0.15, 0.2) is 57.7 Å². The van der Waals surface area contributed by atoms with E-state index in [2.05, 4.69) is 11.0 Å². The number of benzene rings is 2. The first-order chi connectivity index (χ1) is 13.1. The van der Waals surface area contributed by atoms with Crippen molar-refractivity contribution >= 4 is 16.7 Å². The van der Waals surface area contributed by atoms with Crippen molar-refractivity contribution in [3.63, 3.8) is 0 Å². The van der Waals surface area contributed by atoms with Crippen LogP contribution in [0.4, 0.5) is 5.69 Å². The number of phenols is 1. The lowest BCUT2D eigenvalue weighted by Crippen LogP contribution is -3.13. The third-order valence-corrected chi connectivity index (χ3v) is 5.15. The summed E-state index contributed by atoms with van der Waals surface area (Å²) >= 11 is 0. The number of para-hydroxylation sites is 2. The molecule has 6 nitrogen and oxygen atoms in total. The highest BCUT2D eigenvalue weighted by Gasteiger charge is 2.23. The van der Waals surface area contributed by atoms with Gasteiger partial charge in [-0.1, -0.05) is 12.1 Å². The molecule has 1 aliphatic heterocycles. The number of nitrogens with one attached hydrogen (secondary N) is 1. The molecule has 0 unspecified atom stereocenters. The molecule has 1 aromatic heterocycles. The van der Waals surface area contributed by atoms with Crippen LogP contribution in [0.25, 0.3) is 11.0 Å². The number of methoxy groups -OCH3 is 1. The van der Waals surface area contributed by atoms with Crippen molar-refractivity contribution in [1.29, 1.82) is 0 Å². The minimum atomic E-state index is -0.352. The van der Waals surface area contributed by atoms with Crippen molar-refractivity contribution in [1.82, 2.24) is 0 Å². The molecule has 4 rings (SSSR count). The average molecular weight is 367 g/mol. The number of hydrogen-bond donors (Lipinski definition) is 2. The second-order valence-electron chi connectivity index (χ2n) is 6.86. The average Bonchev–Trinajstić information content (AvgIpc) is 2.69. The van der Waals surface area contributed by atoms with E-state index in [-0.39, 0.29) is 11.4 Å². The highest BCUT2D eigenvalue weighted by molar-refractivity contribution is 5.81. The lowest BCUT2D eigenvalue weighted by molar-refractivity contribution is -0.914. The minimum Gasteiger partial charge on any atom is -0.508 e. The molecule has 2 aromatic carbocycles. The molecule has 1 aliphatic rings.